The number of ether oxygens (including phenoxy) is 1. The molecular weight excluding hydrogens is 514 g/mol. The predicted octanol–water partition coefficient (Wildman–Crippen LogP) is 9.86. The highest BCUT2D eigenvalue weighted by molar-refractivity contribution is 5.83. The number of ketones is 1. The van der Waals surface area contributed by atoms with Crippen LogP contribution in [0, 0.1) is 42.4 Å². The van der Waals surface area contributed by atoms with Crippen LogP contribution in [-0.4, -0.2) is 17.4 Å². The molecule has 3 aliphatic rings. The van der Waals surface area contributed by atoms with Crippen molar-refractivity contribution < 1.29 is 9.53 Å². The van der Waals surface area contributed by atoms with Gasteiger partial charge in [0.05, 0.1) is 6.61 Å². The average molecular weight is 572 g/mol. The lowest BCUT2D eigenvalue weighted by molar-refractivity contribution is -0.123. The zero-order chi connectivity index (χ0) is 29.6. The second-order valence-corrected chi connectivity index (χ2v) is 14.3. The molecule has 6 atom stereocenters. The van der Waals surface area contributed by atoms with Gasteiger partial charge in [0.1, 0.15) is 11.5 Å². The van der Waals surface area contributed by atoms with Gasteiger partial charge in [-0.2, -0.15) is 0 Å². The second kappa shape index (κ2) is 14.5. The third-order valence-electron chi connectivity index (χ3n) is 11.6. The number of rotatable bonds is 13. The Kier molecular flexibility index (Phi) is 10.8. The number of carbonyl (C=O) groups is 1. The van der Waals surface area contributed by atoms with Crippen molar-refractivity contribution in [3.05, 3.63) is 58.4 Å². The minimum absolute atomic E-state index is 0.196. The summed E-state index contributed by atoms with van der Waals surface area (Å²) in [5.74, 6) is 6.18. The lowest BCUT2D eigenvalue weighted by Gasteiger charge is -2.24. The molecule has 3 heteroatoms. The van der Waals surface area contributed by atoms with Gasteiger partial charge >= 0.3 is 0 Å². The summed E-state index contributed by atoms with van der Waals surface area (Å²) in [4.78, 5) is 17.8. The van der Waals surface area contributed by atoms with E-state index in [1.54, 1.807) is 0 Å². The summed E-state index contributed by atoms with van der Waals surface area (Å²) in [5, 5.41) is 0. The molecule has 3 saturated carbocycles. The monoisotopic (exact) mass is 571 g/mol. The molecule has 230 valence electrons. The van der Waals surface area contributed by atoms with Crippen molar-refractivity contribution in [1.82, 2.24) is 4.98 Å². The van der Waals surface area contributed by atoms with Gasteiger partial charge in [-0.1, -0.05) is 71.6 Å². The zero-order valence-corrected chi connectivity index (χ0v) is 27.3. The molecule has 6 unspecified atom stereocenters. The van der Waals surface area contributed by atoms with Crippen LogP contribution in [-0.2, 0) is 24.1 Å². The maximum absolute atomic E-state index is 12.9. The van der Waals surface area contributed by atoms with E-state index >= 15 is 0 Å². The van der Waals surface area contributed by atoms with Crippen molar-refractivity contribution in [3.8, 4) is 5.75 Å². The van der Waals surface area contributed by atoms with Crippen LogP contribution in [0.5, 0.6) is 5.75 Å². The summed E-state index contributed by atoms with van der Waals surface area (Å²) in [5.41, 5.74) is 6.51. The molecule has 3 nitrogen and oxygen atoms in total. The van der Waals surface area contributed by atoms with E-state index in [1.165, 1.54) is 87.4 Å². The van der Waals surface area contributed by atoms with Crippen molar-refractivity contribution in [3.63, 3.8) is 0 Å². The minimum atomic E-state index is 0.196. The minimum Gasteiger partial charge on any atom is -0.493 e. The molecule has 42 heavy (non-hydrogen) atoms. The van der Waals surface area contributed by atoms with Gasteiger partial charge in [-0.15, -0.1) is 0 Å². The van der Waals surface area contributed by atoms with E-state index in [4.69, 9.17) is 9.72 Å². The molecule has 3 fully saturated rings. The number of benzene rings is 1. The van der Waals surface area contributed by atoms with Gasteiger partial charge in [-0.25, -0.2) is 0 Å². The molecule has 0 N–H and O–H groups in total. The fourth-order valence-corrected chi connectivity index (χ4v) is 8.53. The molecule has 0 radical (unpaired) electrons. The number of hydrogen-bond donors (Lipinski definition) is 0. The van der Waals surface area contributed by atoms with Crippen LogP contribution in [0.25, 0.3) is 0 Å². The van der Waals surface area contributed by atoms with Gasteiger partial charge in [0.25, 0.3) is 0 Å². The molecule has 0 saturated heterocycles. The Balaban J connectivity index is 1.05. The first-order valence-corrected chi connectivity index (χ1v) is 17.6. The smallest absolute Gasteiger partial charge is 0.140 e. The first kappa shape index (κ1) is 31.3. The van der Waals surface area contributed by atoms with Gasteiger partial charge in [-0.05, 0) is 123 Å². The summed E-state index contributed by atoms with van der Waals surface area (Å²) < 4.78 is 6.28. The van der Waals surface area contributed by atoms with E-state index in [2.05, 4.69) is 65.1 Å². The van der Waals surface area contributed by atoms with E-state index in [0.29, 0.717) is 24.0 Å². The van der Waals surface area contributed by atoms with Crippen molar-refractivity contribution in [1.29, 1.82) is 0 Å². The lowest BCUT2D eigenvalue weighted by atomic mass is 9.82. The number of carbonyl (C=O) groups excluding carboxylic acids is 1. The Labute approximate surface area is 256 Å². The maximum Gasteiger partial charge on any atom is 0.140 e. The lowest BCUT2D eigenvalue weighted by Crippen LogP contribution is -2.20. The summed E-state index contributed by atoms with van der Waals surface area (Å²) >= 11 is 0. The Hall–Kier alpha value is -2.16. The third-order valence-corrected chi connectivity index (χ3v) is 11.6. The molecule has 0 amide bonds. The van der Waals surface area contributed by atoms with E-state index in [-0.39, 0.29) is 5.92 Å². The average Bonchev–Trinajstić information content (AvgIpc) is 3.64. The molecule has 3 aliphatic carbocycles. The van der Waals surface area contributed by atoms with Crippen molar-refractivity contribution in [2.24, 2.45) is 35.5 Å². The largest absolute Gasteiger partial charge is 0.493 e. The molecule has 0 aliphatic heterocycles. The highest BCUT2D eigenvalue weighted by atomic mass is 16.5. The molecule has 2 aromatic rings. The maximum atomic E-state index is 12.9. The first-order chi connectivity index (χ1) is 20.4. The van der Waals surface area contributed by atoms with Crippen LogP contribution in [0.1, 0.15) is 132 Å². The second-order valence-electron chi connectivity index (χ2n) is 14.3. The molecular formula is C39H57NO2. The fraction of sp³-hybridized carbons (Fsp3) is 0.692. The third kappa shape index (κ3) is 7.67. The topological polar surface area (TPSA) is 39.2 Å². The Morgan fingerprint density at radius 1 is 0.929 bits per heavy atom. The first-order valence-electron chi connectivity index (χ1n) is 17.6. The molecule has 0 bridgehead atoms. The summed E-state index contributed by atoms with van der Waals surface area (Å²) in [7, 11) is 0. The number of aromatic nitrogens is 1. The van der Waals surface area contributed by atoms with Crippen LogP contribution in [0.15, 0.2) is 30.5 Å². The fourth-order valence-electron chi connectivity index (χ4n) is 8.53. The normalized spacial score (nSPS) is 26.0. The van der Waals surface area contributed by atoms with Gasteiger partial charge in [0.2, 0.25) is 0 Å². The quantitative estimate of drug-likeness (QED) is 0.225. The molecule has 0 spiro atoms. The van der Waals surface area contributed by atoms with Crippen LogP contribution < -0.4 is 4.74 Å². The number of nitrogens with zero attached hydrogens (tertiary/aromatic N) is 1. The highest BCUT2D eigenvalue weighted by Crippen LogP contribution is 2.52. The number of Topliss-reactive ketones (excluding diaryl/α,β-unsaturated/α-hetero) is 1. The Bertz CT molecular complexity index is 1180. The van der Waals surface area contributed by atoms with E-state index in [1.807, 2.05) is 0 Å². The Morgan fingerprint density at radius 2 is 1.71 bits per heavy atom. The van der Waals surface area contributed by atoms with E-state index in [0.717, 1.165) is 60.0 Å². The van der Waals surface area contributed by atoms with Crippen LogP contribution in [0.2, 0.25) is 0 Å². The number of aryl methyl sites for hydroxylation is 3. The van der Waals surface area contributed by atoms with Gasteiger partial charge in [-0.3, -0.25) is 9.78 Å². The van der Waals surface area contributed by atoms with Gasteiger partial charge in [0.15, 0.2) is 0 Å². The van der Waals surface area contributed by atoms with Crippen LogP contribution >= 0.6 is 0 Å². The van der Waals surface area contributed by atoms with Gasteiger partial charge < -0.3 is 4.74 Å². The standard InChI is InChI=1S/C39H57NO2/c1-6-29-22-31(7-2)39(40-25-29)28(5)33-13-10-14-34(17-16-33)36-24-35(36)19-20-42-38-18-15-30(21-26(38)3)23-37(41)27(4)32-11-8-9-12-32/h15,18,21-22,25,27-28,32-36H,6-14,16-17,19-20,23-24H2,1-5H3. The van der Waals surface area contributed by atoms with Crippen molar-refractivity contribution >= 4 is 5.78 Å². The van der Waals surface area contributed by atoms with Crippen LogP contribution in [0.4, 0.5) is 0 Å². The van der Waals surface area contributed by atoms with Crippen LogP contribution in [0.3, 0.4) is 0 Å². The van der Waals surface area contributed by atoms with Crippen molar-refractivity contribution in [2.45, 2.75) is 130 Å². The highest BCUT2D eigenvalue weighted by Gasteiger charge is 2.43. The number of pyridine rings is 1. The zero-order valence-electron chi connectivity index (χ0n) is 27.3. The van der Waals surface area contributed by atoms with E-state index in [9.17, 15) is 4.79 Å². The summed E-state index contributed by atoms with van der Waals surface area (Å²) in [6.45, 7) is 12.0. The summed E-state index contributed by atoms with van der Waals surface area (Å²) in [6.07, 6.45) is 19.4. The predicted molar refractivity (Wildman–Crippen MR) is 174 cm³/mol. The molecule has 1 aromatic carbocycles. The number of hydrogen-bond acceptors (Lipinski definition) is 3. The summed E-state index contributed by atoms with van der Waals surface area (Å²) in [6, 6.07) is 8.80. The Morgan fingerprint density at radius 3 is 2.45 bits per heavy atom. The molecule has 1 aromatic heterocycles. The molecule has 1 heterocycles. The van der Waals surface area contributed by atoms with E-state index < -0.39 is 0 Å². The molecule has 5 rings (SSSR count). The van der Waals surface area contributed by atoms with Gasteiger partial charge in [0, 0.05) is 30.1 Å². The van der Waals surface area contributed by atoms with Crippen molar-refractivity contribution in [2.75, 3.05) is 6.61 Å². The SMILES string of the molecule is CCc1cnc(C(C)C2CCCC(C3CC3CCOc3ccc(CC(=O)C(C)C4CCCC4)cc3C)CC2)c(CC)c1.